The molecule has 0 bridgehead atoms. The first-order chi connectivity index (χ1) is 10.9. The van der Waals surface area contributed by atoms with Gasteiger partial charge in [-0.2, -0.15) is 0 Å². The van der Waals surface area contributed by atoms with Crippen molar-refractivity contribution < 1.29 is 14.7 Å². The SMILES string of the molecule is Cc1ccc(C(=O)C2CCN(C(=O)CC(O)C(C)C)CC2)cc1. The molecule has 1 fully saturated rings. The predicted octanol–water partition coefficient (Wildman–Crippen LogP) is 2.82. The van der Waals surface area contributed by atoms with Crippen molar-refractivity contribution >= 4 is 11.7 Å². The fourth-order valence-electron chi connectivity index (χ4n) is 2.89. The second-order valence-corrected chi connectivity index (χ2v) is 6.90. The van der Waals surface area contributed by atoms with E-state index in [1.165, 1.54) is 0 Å². The number of Topliss-reactive ketones (excluding diaryl/α,β-unsaturated/α-hetero) is 1. The number of hydrogen-bond donors (Lipinski definition) is 1. The number of nitrogens with zero attached hydrogens (tertiary/aromatic N) is 1. The summed E-state index contributed by atoms with van der Waals surface area (Å²) in [5, 5.41) is 9.84. The summed E-state index contributed by atoms with van der Waals surface area (Å²) in [5.41, 5.74) is 1.90. The van der Waals surface area contributed by atoms with Gasteiger partial charge in [0.1, 0.15) is 0 Å². The van der Waals surface area contributed by atoms with E-state index >= 15 is 0 Å². The minimum absolute atomic E-state index is 0.00298. The highest BCUT2D eigenvalue weighted by molar-refractivity contribution is 5.98. The van der Waals surface area contributed by atoms with Gasteiger partial charge in [0.05, 0.1) is 12.5 Å². The van der Waals surface area contributed by atoms with Crippen LogP contribution in [0.5, 0.6) is 0 Å². The maximum atomic E-state index is 12.5. The smallest absolute Gasteiger partial charge is 0.225 e. The lowest BCUT2D eigenvalue weighted by Gasteiger charge is -2.32. The topological polar surface area (TPSA) is 57.6 Å². The average molecular weight is 317 g/mol. The zero-order chi connectivity index (χ0) is 17.0. The Hall–Kier alpha value is -1.68. The van der Waals surface area contributed by atoms with Crippen molar-refractivity contribution in [3.05, 3.63) is 35.4 Å². The monoisotopic (exact) mass is 317 g/mol. The maximum Gasteiger partial charge on any atom is 0.225 e. The van der Waals surface area contributed by atoms with Gasteiger partial charge in [-0.3, -0.25) is 9.59 Å². The molecule has 1 aromatic rings. The molecular weight excluding hydrogens is 290 g/mol. The summed E-state index contributed by atoms with van der Waals surface area (Å²) in [5.74, 6) is 0.253. The molecule has 1 aromatic carbocycles. The van der Waals surface area contributed by atoms with E-state index in [2.05, 4.69) is 0 Å². The second-order valence-electron chi connectivity index (χ2n) is 6.90. The molecule has 2 rings (SSSR count). The average Bonchev–Trinajstić information content (AvgIpc) is 2.55. The molecule has 1 amide bonds. The quantitative estimate of drug-likeness (QED) is 0.850. The van der Waals surface area contributed by atoms with E-state index in [1.807, 2.05) is 45.0 Å². The van der Waals surface area contributed by atoms with Crippen molar-refractivity contribution in [1.82, 2.24) is 4.90 Å². The number of amides is 1. The van der Waals surface area contributed by atoms with Crippen molar-refractivity contribution in [3.63, 3.8) is 0 Å². The Kier molecular flexibility index (Phi) is 5.94. The van der Waals surface area contributed by atoms with Crippen LogP contribution in [0.3, 0.4) is 0 Å². The van der Waals surface area contributed by atoms with Gasteiger partial charge in [0.2, 0.25) is 5.91 Å². The highest BCUT2D eigenvalue weighted by Gasteiger charge is 2.28. The van der Waals surface area contributed by atoms with Crippen LogP contribution in [0.25, 0.3) is 0 Å². The molecule has 23 heavy (non-hydrogen) atoms. The molecule has 126 valence electrons. The van der Waals surface area contributed by atoms with E-state index in [4.69, 9.17) is 0 Å². The fraction of sp³-hybridized carbons (Fsp3) is 0.579. The largest absolute Gasteiger partial charge is 0.392 e. The molecule has 0 aliphatic carbocycles. The van der Waals surface area contributed by atoms with Crippen molar-refractivity contribution in [2.45, 2.75) is 46.1 Å². The van der Waals surface area contributed by atoms with E-state index in [1.54, 1.807) is 4.90 Å². The first-order valence-corrected chi connectivity index (χ1v) is 8.45. The summed E-state index contributed by atoms with van der Waals surface area (Å²) >= 11 is 0. The molecule has 0 aromatic heterocycles. The lowest BCUT2D eigenvalue weighted by molar-refractivity contribution is -0.135. The van der Waals surface area contributed by atoms with Crippen molar-refractivity contribution in [2.24, 2.45) is 11.8 Å². The van der Waals surface area contributed by atoms with Crippen LogP contribution in [-0.4, -0.2) is 40.9 Å². The van der Waals surface area contributed by atoms with Gasteiger partial charge in [-0.05, 0) is 25.7 Å². The van der Waals surface area contributed by atoms with Gasteiger partial charge in [-0.25, -0.2) is 0 Å². The van der Waals surface area contributed by atoms with Crippen LogP contribution in [-0.2, 0) is 4.79 Å². The fourth-order valence-corrected chi connectivity index (χ4v) is 2.89. The molecule has 0 spiro atoms. The molecule has 4 heteroatoms. The van der Waals surface area contributed by atoms with Crippen LogP contribution in [0.2, 0.25) is 0 Å². The Balaban J connectivity index is 1.87. The highest BCUT2D eigenvalue weighted by atomic mass is 16.3. The number of ketones is 1. The third-order valence-electron chi connectivity index (χ3n) is 4.71. The number of aliphatic hydroxyl groups is 1. The Morgan fingerprint density at radius 2 is 1.74 bits per heavy atom. The maximum absolute atomic E-state index is 12.5. The third kappa shape index (κ3) is 4.64. The van der Waals surface area contributed by atoms with Crippen LogP contribution in [0.15, 0.2) is 24.3 Å². The summed E-state index contributed by atoms with van der Waals surface area (Å²) in [6, 6.07) is 7.68. The van der Waals surface area contributed by atoms with Gasteiger partial charge in [0, 0.05) is 24.6 Å². The van der Waals surface area contributed by atoms with Gasteiger partial charge in [-0.1, -0.05) is 43.7 Å². The van der Waals surface area contributed by atoms with Crippen molar-refractivity contribution in [1.29, 1.82) is 0 Å². The summed E-state index contributed by atoms with van der Waals surface area (Å²) in [4.78, 5) is 26.5. The number of piperidine rings is 1. The van der Waals surface area contributed by atoms with Gasteiger partial charge >= 0.3 is 0 Å². The highest BCUT2D eigenvalue weighted by Crippen LogP contribution is 2.23. The first-order valence-electron chi connectivity index (χ1n) is 8.45. The number of benzene rings is 1. The predicted molar refractivity (Wildman–Crippen MR) is 90.3 cm³/mol. The molecule has 1 heterocycles. The number of carbonyl (C=O) groups is 2. The lowest BCUT2D eigenvalue weighted by atomic mass is 9.88. The van der Waals surface area contributed by atoms with E-state index in [0.29, 0.717) is 25.9 Å². The minimum Gasteiger partial charge on any atom is -0.392 e. The van der Waals surface area contributed by atoms with E-state index in [0.717, 1.165) is 11.1 Å². The van der Waals surface area contributed by atoms with Crippen LogP contribution >= 0.6 is 0 Å². The van der Waals surface area contributed by atoms with E-state index < -0.39 is 6.10 Å². The normalized spacial score (nSPS) is 17.3. The molecule has 1 N–H and O–H groups in total. The third-order valence-corrected chi connectivity index (χ3v) is 4.71. The Morgan fingerprint density at radius 1 is 1.17 bits per heavy atom. The molecule has 0 radical (unpaired) electrons. The van der Waals surface area contributed by atoms with E-state index in [9.17, 15) is 14.7 Å². The molecule has 1 unspecified atom stereocenters. The van der Waals surface area contributed by atoms with Gasteiger partial charge in [0.15, 0.2) is 5.78 Å². The first kappa shape index (κ1) is 17.7. The summed E-state index contributed by atoms with van der Waals surface area (Å²) in [6.45, 7) is 7.02. The van der Waals surface area contributed by atoms with Crippen molar-refractivity contribution in [3.8, 4) is 0 Å². The number of aliphatic hydroxyl groups excluding tert-OH is 1. The van der Waals surface area contributed by atoms with Gasteiger partial charge < -0.3 is 10.0 Å². The molecule has 1 saturated heterocycles. The Morgan fingerprint density at radius 3 is 2.26 bits per heavy atom. The standard InChI is InChI=1S/C19H27NO3/c1-13(2)17(21)12-18(22)20-10-8-16(9-11-20)19(23)15-6-4-14(3)5-7-15/h4-7,13,16-17,21H,8-12H2,1-3H3. The summed E-state index contributed by atoms with van der Waals surface area (Å²) < 4.78 is 0. The number of aryl methyl sites for hydroxylation is 1. The number of hydrogen-bond acceptors (Lipinski definition) is 3. The Labute approximate surface area is 138 Å². The summed E-state index contributed by atoms with van der Waals surface area (Å²) in [7, 11) is 0. The number of rotatable bonds is 5. The number of likely N-dealkylation sites (tertiary alicyclic amines) is 1. The molecule has 0 saturated carbocycles. The van der Waals surface area contributed by atoms with Crippen molar-refractivity contribution in [2.75, 3.05) is 13.1 Å². The van der Waals surface area contributed by atoms with Gasteiger partial charge in [-0.15, -0.1) is 0 Å². The zero-order valence-electron chi connectivity index (χ0n) is 14.3. The zero-order valence-corrected chi connectivity index (χ0v) is 14.3. The molecular formula is C19H27NO3. The molecule has 1 atom stereocenters. The minimum atomic E-state index is -0.589. The van der Waals surface area contributed by atoms with Crippen LogP contribution in [0, 0.1) is 18.8 Å². The molecule has 1 aliphatic rings. The summed E-state index contributed by atoms with van der Waals surface area (Å²) in [6.07, 6.45) is 0.996. The van der Waals surface area contributed by atoms with Crippen LogP contribution in [0.4, 0.5) is 0 Å². The molecule has 1 aliphatic heterocycles. The Bertz CT molecular complexity index is 542. The van der Waals surface area contributed by atoms with E-state index in [-0.39, 0.29) is 29.9 Å². The lowest BCUT2D eigenvalue weighted by Crippen LogP contribution is -2.41. The second kappa shape index (κ2) is 7.73. The van der Waals surface area contributed by atoms with Crippen LogP contribution < -0.4 is 0 Å². The van der Waals surface area contributed by atoms with Gasteiger partial charge in [0.25, 0.3) is 0 Å². The molecule has 4 nitrogen and oxygen atoms in total. The van der Waals surface area contributed by atoms with Crippen LogP contribution in [0.1, 0.15) is 49.0 Å². The number of carbonyl (C=O) groups excluding carboxylic acids is 2.